The fourth-order valence-electron chi connectivity index (χ4n) is 5.20. The van der Waals surface area contributed by atoms with E-state index in [2.05, 4.69) is 37.3 Å². The molecule has 0 aliphatic carbocycles. The van der Waals surface area contributed by atoms with E-state index in [1.54, 1.807) is 30.5 Å². The summed E-state index contributed by atoms with van der Waals surface area (Å²) in [5.41, 5.74) is 9.02. The van der Waals surface area contributed by atoms with E-state index in [1.807, 2.05) is 30.1 Å². The highest BCUT2D eigenvalue weighted by molar-refractivity contribution is 6.30. The first-order valence-electron chi connectivity index (χ1n) is 13.9. The van der Waals surface area contributed by atoms with Gasteiger partial charge in [0, 0.05) is 68.7 Å². The lowest BCUT2D eigenvalue weighted by atomic mass is 10.1. The van der Waals surface area contributed by atoms with Gasteiger partial charge in [-0.2, -0.15) is 0 Å². The van der Waals surface area contributed by atoms with Crippen LogP contribution in [0.4, 0.5) is 21.6 Å². The number of primary amides is 1. The van der Waals surface area contributed by atoms with Crippen LogP contribution in [0.2, 0.25) is 5.02 Å². The molecule has 2 aromatic heterocycles. The third-order valence-electron chi connectivity index (χ3n) is 7.45. The number of piperazine rings is 1. The number of carbonyl (C=O) groups excluding carboxylic acids is 1. The van der Waals surface area contributed by atoms with E-state index in [0.717, 1.165) is 31.7 Å². The number of nitrogens with zero attached hydrogens (tertiary/aromatic N) is 6. The largest absolute Gasteiger partial charge is 0.508 e. The van der Waals surface area contributed by atoms with E-state index in [1.165, 1.54) is 18.2 Å². The first-order chi connectivity index (χ1) is 20.7. The Bertz CT molecular complexity index is 1600. The number of carbonyl (C=O) groups is 1. The van der Waals surface area contributed by atoms with Crippen molar-refractivity contribution in [3.05, 3.63) is 89.0 Å². The van der Waals surface area contributed by atoms with Crippen LogP contribution in [0.25, 0.3) is 11.3 Å². The van der Waals surface area contributed by atoms with Gasteiger partial charge in [0.05, 0.1) is 23.1 Å². The van der Waals surface area contributed by atoms with E-state index < -0.39 is 11.7 Å². The minimum absolute atomic E-state index is 0.146. The lowest BCUT2D eigenvalue weighted by molar-refractivity contribution is -0.119. The van der Waals surface area contributed by atoms with Gasteiger partial charge in [-0.1, -0.05) is 23.7 Å². The van der Waals surface area contributed by atoms with Crippen molar-refractivity contribution in [2.24, 2.45) is 5.73 Å². The quantitative estimate of drug-likeness (QED) is 0.239. The van der Waals surface area contributed by atoms with Crippen LogP contribution >= 0.6 is 11.6 Å². The number of nitrogens with one attached hydrogen (secondary N) is 1. The summed E-state index contributed by atoms with van der Waals surface area (Å²) in [6.45, 7) is 3.77. The Kier molecular flexibility index (Phi) is 9.34. The summed E-state index contributed by atoms with van der Waals surface area (Å²) in [5, 5.41) is 22.5. The number of phenolic OH excluding ortho intramolecular Hbond substituents is 1. The molecule has 0 spiro atoms. The van der Waals surface area contributed by atoms with Gasteiger partial charge in [0.25, 0.3) is 0 Å². The molecule has 1 aliphatic rings. The van der Waals surface area contributed by atoms with Gasteiger partial charge in [0.1, 0.15) is 11.6 Å². The van der Waals surface area contributed by atoms with Gasteiger partial charge in [0.2, 0.25) is 5.91 Å². The number of amides is 1. The molecule has 1 aliphatic heterocycles. The van der Waals surface area contributed by atoms with Crippen LogP contribution in [-0.2, 0) is 11.3 Å². The number of benzene rings is 2. The summed E-state index contributed by atoms with van der Waals surface area (Å²) in [6, 6.07) is 16.4. The van der Waals surface area contributed by atoms with E-state index in [-0.39, 0.29) is 23.8 Å². The zero-order valence-electron chi connectivity index (χ0n) is 24.0. The number of rotatable bonds is 10. The Balaban J connectivity index is 1.50. The molecule has 5 rings (SSSR count). The summed E-state index contributed by atoms with van der Waals surface area (Å²) in [6.07, 6.45) is 1.83. The van der Waals surface area contributed by atoms with Gasteiger partial charge in [0.15, 0.2) is 5.82 Å². The number of halogens is 2. The maximum Gasteiger partial charge on any atom is 0.219 e. The van der Waals surface area contributed by atoms with Crippen molar-refractivity contribution >= 4 is 34.7 Å². The molecule has 12 heteroatoms. The Morgan fingerprint density at radius 1 is 1.12 bits per heavy atom. The number of nitrogens with two attached hydrogens (primary N) is 1. The van der Waals surface area contributed by atoms with E-state index in [4.69, 9.17) is 17.3 Å². The number of pyridine rings is 1. The Morgan fingerprint density at radius 2 is 1.91 bits per heavy atom. The summed E-state index contributed by atoms with van der Waals surface area (Å²) in [7, 11) is 3.93. The smallest absolute Gasteiger partial charge is 0.219 e. The van der Waals surface area contributed by atoms with Crippen LogP contribution < -0.4 is 16.0 Å². The predicted octanol–water partition coefficient (Wildman–Crippen LogP) is 4.58. The van der Waals surface area contributed by atoms with Gasteiger partial charge < -0.3 is 26.0 Å². The van der Waals surface area contributed by atoms with E-state index >= 15 is 0 Å². The van der Waals surface area contributed by atoms with Crippen LogP contribution in [0.1, 0.15) is 23.7 Å². The maximum absolute atomic E-state index is 14.8. The first-order valence-corrected chi connectivity index (χ1v) is 14.3. The first kappa shape index (κ1) is 30.1. The average molecular weight is 605 g/mol. The normalized spacial score (nSPS) is 14.8. The van der Waals surface area contributed by atoms with Crippen LogP contribution in [0, 0.1) is 5.82 Å². The van der Waals surface area contributed by atoms with Crippen LogP contribution in [0.3, 0.4) is 0 Å². The molecular formula is C31H34ClFN8O2. The van der Waals surface area contributed by atoms with Gasteiger partial charge in [-0.15, -0.1) is 10.2 Å². The molecule has 1 atom stereocenters. The molecule has 0 bridgehead atoms. The second-order valence-corrected chi connectivity index (χ2v) is 11.2. The van der Waals surface area contributed by atoms with Crippen molar-refractivity contribution in [3.63, 3.8) is 0 Å². The molecule has 1 fully saturated rings. The zero-order chi connectivity index (χ0) is 30.5. The second-order valence-electron chi connectivity index (χ2n) is 10.7. The predicted molar refractivity (Wildman–Crippen MR) is 166 cm³/mol. The van der Waals surface area contributed by atoms with Gasteiger partial charge in [-0.25, -0.2) is 4.39 Å². The van der Waals surface area contributed by atoms with Crippen molar-refractivity contribution in [3.8, 4) is 17.0 Å². The Labute approximate surface area is 254 Å². The number of aromatic hydroxyl groups is 1. The molecule has 1 saturated heterocycles. The van der Waals surface area contributed by atoms with Crippen LogP contribution in [-0.4, -0.2) is 76.3 Å². The maximum atomic E-state index is 14.8. The van der Waals surface area contributed by atoms with Crippen molar-refractivity contribution in [1.29, 1.82) is 0 Å². The molecule has 1 unspecified atom stereocenters. The molecule has 2 aromatic carbocycles. The van der Waals surface area contributed by atoms with Crippen LogP contribution in [0.5, 0.6) is 5.75 Å². The fraction of sp³-hybridized carbons (Fsp3) is 0.290. The molecule has 43 heavy (non-hydrogen) atoms. The van der Waals surface area contributed by atoms with Crippen molar-refractivity contribution < 1.29 is 14.3 Å². The number of aromatic nitrogens is 3. The number of likely N-dealkylation sites (N-methyl/N-ethyl adjacent to an activating group) is 1. The number of anilines is 3. The average Bonchev–Trinajstić information content (AvgIpc) is 2.98. The zero-order valence-corrected chi connectivity index (χ0v) is 24.8. The van der Waals surface area contributed by atoms with E-state index in [9.17, 15) is 14.3 Å². The van der Waals surface area contributed by atoms with E-state index in [0.29, 0.717) is 40.1 Å². The van der Waals surface area contributed by atoms with Gasteiger partial charge in [-0.05, 0) is 61.1 Å². The van der Waals surface area contributed by atoms with Gasteiger partial charge in [-0.3, -0.25) is 14.7 Å². The molecular weight excluding hydrogens is 571 g/mol. The molecule has 10 nitrogen and oxygen atoms in total. The molecule has 4 N–H and O–H groups in total. The monoisotopic (exact) mass is 604 g/mol. The summed E-state index contributed by atoms with van der Waals surface area (Å²) < 4.78 is 14.8. The number of phenols is 1. The van der Waals surface area contributed by atoms with Crippen LogP contribution in [0.15, 0.2) is 66.9 Å². The Hall–Kier alpha value is -4.32. The topological polar surface area (TPSA) is 124 Å². The minimum Gasteiger partial charge on any atom is -0.508 e. The standard InChI is InChI=1S/C31H34ClFN8O2/c1-39-10-12-41(13-11-39)29(18-30(34)43)27-16-22(8-9-35-27)36-28-17-26(24-15-21(32)6-7-25(24)33)37-38-31(28)40(2)19-20-4-3-5-23(42)14-20/h3-9,14-17,29,42H,10-13,18-19H2,1-2H3,(H2,34,43)(H,35,36,37). The minimum atomic E-state index is -0.474. The molecule has 4 aromatic rings. The molecule has 3 heterocycles. The lowest BCUT2D eigenvalue weighted by Crippen LogP contribution is -2.46. The lowest BCUT2D eigenvalue weighted by Gasteiger charge is -2.37. The SMILES string of the molecule is CN1CCN(C(CC(N)=O)c2cc(Nc3cc(-c4cc(Cl)ccc4F)nnc3N(C)Cc3cccc(O)c3)ccn2)CC1. The highest BCUT2D eigenvalue weighted by atomic mass is 35.5. The van der Waals surface area contributed by atoms with Crippen molar-refractivity contribution in [2.45, 2.75) is 19.0 Å². The number of hydrogen-bond acceptors (Lipinski definition) is 9. The molecule has 1 amide bonds. The third kappa shape index (κ3) is 7.56. The summed E-state index contributed by atoms with van der Waals surface area (Å²) >= 11 is 6.17. The highest BCUT2D eigenvalue weighted by Crippen LogP contribution is 2.34. The molecule has 224 valence electrons. The summed E-state index contributed by atoms with van der Waals surface area (Å²) in [5.74, 6) is -0.206. The fourth-order valence-corrected chi connectivity index (χ4v) is 5.37. The molecule has 0 saturated carbocycles. The Morgan fingerprint density at radius 3 is 2.65 bits per heavy atom. The molecule has 0 radical (unpaired) electrons. The summed E-state index contributed by atoms with van der Waals surface area (Å²) in [4.78, 5) is 23.0. The van der Waals surface area contributed by atoms with Gasteiger partial charge >= 0.3 is 0 Å². The van der Waals surface area contributed by atoms with Crippen molar-refractivity contribution in [2.75, 3.05) is 50.5 Å². The van der Waals surface area contributed by atoms with Crippen molar-refractivity contribution in [1.82, 2.24) is 25.0 Å². The highest BCUT2D eigenvalue weighted by Gasteiger charge is 2.27. The second kappa shape index (κ2) is 13.3. The number of hydrogen-bond donors (Lipinski definition) is 3. The third-order valence-corrected chi connectivity index (χ3v) is 7.68.